The van der Waals surface area contributed by atoms with E-state index in [0.29, 0.717) is 12.2 Å². The molecular weight excluding hydrogens is 252 g/mol. The lowest BCUT2D eigenvalue weighted by Gasteiger charge is -2.05. The minimum Gasteiger partial charge on any atom is -0.493 e. The fourth-order valence-electron chi connectivity index (χ4n) is 1.73. The number of aliphatic imine (C=N–C) groups is 1. The minimum absolute atomic E-state index is 0.442. The van der Waals surface area contributed by atoms with Crippen LogP contribution in [0.3, 0.4) is 0 Å². The van der Waals surface area contributed by atoms with Crippen LogP contribution >= 0.6 is 0 Å². The van der Waals surface area contributed by atoms with E-state index in [2.05, 4.69) is 4.99 Å². The number of amides is 1. The first-order valence-electron chi connectivity index (χ1n) is 6.36. The lowest BCUT2D eigenvalue weighted by molar-refractivity contribution is 0.100. The summed E-state index contributed by atoms with van der Waals surface area (Å²) in [6, 6.07) is 14.5. The van der Waals surface area contributed by atoms with Crippen molar-refractivity contribution in [3.8, 4) is 5.75 Å². The molecule has 0 aliphatic rings. The van der Waals surface area contributed by atoms with Crippen LogP contribution in [-0.2, 0) is 0 Å². The molecule has 0 fully saturated rings. The molecule has 0 radical (unpaired) electrons. The third-order valence-corrected chi connectivity index (χ3v) is 2.72. The number of nitrogens with two attached hydrogens (primary N) is 1. The van der Waals surface area contributed by atoms with Crippen molar-refractivity contribution in [3.63, 3.8) is 0 Å². The van der Waals surface area contributed by atoms with E-state index in [1.165, 1.54) is 0 Å². The van der Waals surface area contributed by atoms with Crippen molar-refractivity contribution in [2.24, 2.45) is 10.7 Å². The predicted molar refractivity (Wildman–Crippen MR) is 79.8 cm³/mol. The Bertz CT molecular complexity index is 619. The highest BCUT2D eigenvalue weighted by Crippen LogP contribution is 2.18. The molecule has 0 aromatic heterocycles. The maximum absolute atomic E-state index is 11.0. The lowest BCUT2D eigenvalue weighted by Crippen LogP contribution is -2.10. The molecule has 4 nitrogen and oxygen atoms in total. The molecule has 0 unspecified atom stereocenters. The second-order valence-corrected chi connectivity index (χ2v) is 4.14. The number of hydrogen-bond donors (Lipinski definition) is 1. The second kappa shape index (κ2) is 6.52. The summed E-state index contributed by atoms with van der Waals surface area (Å²) in [5.41, 5.74) is 7.32. The Morgan fingerprint density at radius 3 is 2.55 bits per heavy atom. The van der Waals surface area contributed by atoms with Gasteiger partial charge in [-0.1, -0.05) is 12.1 Å². The fraction of sp³-hybridized carbons (Fsp3) is 0.125. The van der Waals surface area contributed by atoms with E-state index in [-0.39, 0.29) is 0 Å². The number of nitrogens with zero attached hydrogens (tertiary/aromatic N) is 1. The van der Waals surface area contributed by atoms with Gasteiger partial charge in [-0.05, 0) is 43.3 Å². The summed E-state index contributed by atoms with van der Waals surface area (Å²) in [6.07, 6.45) is 1.74. The van der Waals surface area contributed by atoms with E-state index in [1.807, 2.05) is 31.2 Å². The molecule has 0 spiro atoms. The molecule has 0 atom stereocenters. The number of carbonyl (C=O) groups is 1. The third-order valence-electron chi connectivity index (χ3n) is 2.72. The topological polar surface area (TPSA) is 64.7 Å². The summed E-state index contributed by atoms with van der Waals surface area (Å²) >= 11 is 0. The number of rotatable bonds is 5. The number of ether oxygens (including phenoxy) is 1. The molecule has 0 saturated heterocycles. The summed E-state index contributed by atoms with van der Waals surface area (Å²) in [6.45, 7) is 2.55. The van der Waals surface area contributed by atoms with Crippen LogP contribution in [0.2, 0.25) is 0 Å². The molecule has 2 N–H and O–H groups in total. The van der Waals surface area contributed by atoms with Gasteiger partial charge in [-0.15, -0.1) is 0 Å². The first kappa shape index (κ1) is 13.8. The van der Waals surface area contributed by atoms with Gasteiger partial charge in [0.05, 0.1) is 12.3 Å². The van der Waals surface area contributed by atoms with Crippen LogP contribution in [0.1, 0.15) is 22.8 Å². The van der Waals surface area contributed by atoms with Gasteiger partial charge in [-0.3, -0.25) is 9.79 Å². The normalized spacial score (nSPS) is 10.7. The average Bonchev–Trinajstić information content (AvgIpc) is 2.47. The van der Waals surface area contributed by atoms with Gasteiger partial charge in [0.2, 0.25) is 5.91 Å². The molecule has 0 saturated carbocycles. The average molecular weight is 268 g/mol. The SMILES string of the molecule is CCOc1ccccc1C=Nc1ccc(C(N)=O)cc1. The highest BCUT2D eigenvalue weighted by molar-refractivity contribution is 5.93. The maximum atomic E-state index is 11.0. The van der Waals surface area contributed by atoms with Crippen molar-refractivity contribution in [2.45, 2.75) is 6.92 Å². The van der Waals surface area contributed by atoms with Crippen LogP contribution in [0.4, 0.5) is 5.69 Å². The van der Waals surface area contributed by atoms with Crippen LogP contribution in [0.5, 0.6) is 5.75 Å². The predicted octanol–water partition coefficient (Wildman–Crippen LogP) is 2.93. The van der Waals surface area contributed by atoms with E-state index in [4.69, 9.17) is 10.5 Å². The van der Waals surface area contributed by atoms with Crippen LogP contribution in [0.15, 0.2) is 53.5 Å². The molecular formula is C16H16N2O2. The zero-order chi connectivity index (χ0) is 14.4. The number of carbonyl (C=O) groups excluding carboxylic acids is 1. The van der Waals surface area contributed by atoms with Crippen molar-refractivity contribution in [3.05, 3.63) is 59.7 Å². The van der Waals surface area contributed by atoms with Crippen LogP contribution in [0, 0.1) is 0 Å². The van der Waals surface area contributed by atoms with E-state index in [0.717, 1.165) is 17.0 Å². The standard InChI is InChI=1S/C16H16N2O2/c1-2-20-15-6-4-3-5-13(15)11-18-14-9-7-12(8-10-14)16(17)19/h3-11H,2H2,1H3,(H2,17,19). The van der Waals surface area contributed by atoms with Gasteiger partial charge in [-0.25, -0.2) is 0 Å². The molecule has 2 aromatic carbocycles. The Morgan fingerprint density at radius 1 is 1.20 bits per heavy atom. The first-order chi connectivity index (χ1) is 9.70. The van der Waals surface area contributed by atoms with Crippen molar-refractivity contribution >= 4 is 17.8 Å². The van der Waals surface area contributed by atoms with Crippen molar-refractivity contribution in [1.82, 2.24) is 0 Å². The first-order valence-corrected chi connectivity index (χ1v) is 6.36. The molecule has 0 aliphatic heterocycles. The summed E-state index contributed by atoms with van der Waals surface area (Å²) in [7, 11) is 0. The van der Waals surface area contributed by atoms with E-state index in [1.54, 1.807) is 30.5 Å². The number of primary amides is 1. The molecule has 2 aromatic rings. The number of para-hydroxylation sites is 1. The van der Waals surface area contributed by atoms with Gasteiger partial charge in [0.1, 0.15) is 5.75 Å². The quantitative estimate of drug-likeness (QED) is 0.847. The monoisotopic (exact) mass is 268 g/mol. The Morgan fingerprint density at radius 2 is 1.90 bits per heavy atom. The van der Waals surface area contributed by atoms with Gasteiger partial charge < -0.3 is 10.5 Å². The summed E-state index contributed by atoms with van der Waals surface area (Å²) in [5, 5.41) is 0. The molecule has 4 heteroatoms. The van der Waals surface area contributed by atoms with Gasteiger partial charge in [0.25, 0.3) is 0 Å². The van der Waals surface area contributed by atoms with Crippen LogP contribution in [-0.4, -0.2) is 18.7 Å². The zero-order valence-corrected chi connectivity index (χ0v) is 11.2. The van der Waals surface area contributed by atoms with Crippen molar-refractivity contribution in [1.29, 1.82) is 0 Å². The third kappa shape index (κ3) is 3.45. The largest absolute Gasteiger partial charge is 0.493 e. The van der Waals surface area contributed by atoms with E-state index in [9.17, 15) is 4.79 Å². The lowest BCUT2D eigenvalue weighted by atomic mass is 10.2. The van der Waals surface area contributed by atoms with Gasteiger partial charge in [-0.2, -0.15) is 0 Å². The zero-order valence-electron chi connectivity index (χ0n) is 11.2. The fourth-order valence-corrected chi connectivity index (χ4v) is 1.73. The minimum atomic E-state index is -0.442. The number of benzene rings is 2. The highest BCUT2D eigenvalue weighted by Gasteiger charge is 2.00. The Balaban J connectivity index is 2.18. The summed E-state index contributed by atoms with van der Waals surface area (Å²) in [5.74, 6) is 0.356. The molecule has 0 bridgehead atoms. The smallest absolute Gasteiger partial charge is 0.248 e. The van der Waals surface area contributed by atoms with Crippen LogP contribution < -0.4 is 10.5 Å². The summed E-state index contributed by atoms with van der Waals surface area (Å²) < 4.78 is 5.52. The van der Waals surface area contributed by atoms with E-state index < -0.39 is 5.91 Å². The molecule has 1 amide bonds. The van der Waals surface area contributed by atoms with E-state index >= 15 is 0 Å². The second-order valence-electron chi connectivity index (χ2n) is 4.14. The molecule has 20 heavy (non-hydrogen) atoms. The highest BCUT2D eigenvalue weighted by atomic mass is 16.5. The Hall–Kier alpha value is -2.62. The van der Waals surface area contributed by atoms with Crippen molar-refractivity contribution < 1.29 is 9.53 Å². The summed E-state index contributed by atoms with van der Waals surface area (Å²) in [4.78, 5) is 15.3. The van der Waals surface area contributed by atoms with Gasteiger partial charge in [0, 0.05) is 17.3 Å². The number of hydrogen-bond acceptors (Lipinski definition) is 3. The molecule has 0 aliphatic carbocycles. The molecule has 0 heterocycles. The maximum Gasteiger partial charge on any atom is 0.248 e. The molecule has 2 rings (SSSR count). The van der Waals surface area contributed by atoms with Gasteiger partial charge in [0.15, 0.2) is 0 Å². The molecule has 102 valence electrons. The Kier molecular flexibility index (Phi) is 4.50. The van der Waals surface area contributed by atoms with Crippen molar-refractivity contribution in [2.75, 3.05) is 6.61 Å². The van der Waals surface area contributed by atoms with Gasteiger partial charge >= 0.3 is 0 Å². The van der Waals surface area contributed by atoms with Crippen LogP contribution in [0.25, 0.3) is 0 Å². The Labute approximate surface area is 117 Å².